The van der Waals surface area contributed by atoms with Gasteiger partial charge in [0.25, 0.3) is 0 Å². The monoisotopic (exact) mass is 251 g/mol. The first kappa shape index (κ1) is 12.8. The largest absolute Gasteiger partial charge is 0.477 e. The van der Waals surface area contributed by atoms with Gasteiger partial charge in [-0.2, -0.15) is 4.98 Å². The second-order valence-electron chi connectivity index (χ2n) is 4.47. The molecule has 0 aromatic carbocycles. The van der Waals surface area contributed by atoms with E-state index in [-0.39, 0.29) is 11.7 Å². The SMILES string of the molecule is CN1CCCCC1COc1nccc(C(=O)O)n1. The number of ether oxygens (including phenoxy) is 1. The molecule has 0 amide bonds. The number of carboxylic acids is 1. The van der Waals surface area contributed by atoms with Crippen molar-refractivity contribution in [3.8, 4) is 6.01 Å². The Balaban J connectivity index is 1.93. The molecule has 1 saturated heterocycles. The molecule has 0 radical (unpaired) electrons. The first-order valence-corrected chi connectivity index (χ1v) is 6.06. The van der Waals surface area contributed by atoms with Crippen molar-refractivity contribution in [2.24, 2.45) is 0 Å². The van der Waals surface area contributed by atoms with Crippen molar-refractivity contribution in [2.45, 2.75) is 25.3 Å². The molecule has 2 rings (SSSR count). The maximum absolute atomic E-state index is 10.8. The Bertz CT molecular complexity index is 425. The molecule has 6 nitrogen and oxygen atoms in total. The van der Waals surface area contributed by atoms with Crippen molar-refractivity contribution >= 4 is 5.97 Å². The summed E-state index contributed by atoms with van der Waals surface area (Å²) in [4.78, 5) is 20.8. The van der Waals surface area contributed by atoms with Crippen LogP contribution in [0.4, 0.5) is 0 Å². The average Bonchev–Trinajstić information content (AvgIpc) is 2.38. The Labute approximate surface area is 106 Å². The van der Waals surface area contributed by atoms with Gasteiger partial charge in [0.2, 0.25) is 0 Å². The van der Waals surface area contributed by atoms with Crippen molar-refractivity contribution in [1.29, 1.82) is 0 Å². The molecule has 1 aliphatic heterocycles. The van der Waals surface area contributed by atoms with Gasteiger partial charge in [0.15, 0.2) is 5.69 Å². The third kappa shape index (κ3) is 3.16. The molecule has 98 valence electrons. The number of aromatic carboxylic acids is 1. The van der Waals surface area contributed by atoms with Crippen LogP contribution in [-0.2, 0) is 0 Å². The molecule has 1 fully saturated rings. The van der Waals surface area contributed by atoms with Crippen molar-refractivity contribution < 1.29 is 14.6 Å². The van der Waals surface area contributed by atoms with Gasteiger partial charge >= 0.3 is 12.0 Å². The van der Waals surface area contributed by atoms with E-state index in [0.717, 1.165) is 13.0 Å². The van der Waals surface area contributed by atoms with Crippen molar-refractivity contribution in [1.82, 2.24) is 14.9 Å². The first-order valence-electron chi connectivity index (χ1n) is 6.06. The number of hydrogen-bond donors (Lipinski definition) is 1. The van der Waals surface area contributed by atoms with Crippen LogP contribution < -0.4 is 4.74 Å². The lowest BCUT2D eigenvalue weighted by atomic mass is 10.0. The fourth-order valence-electron chi connectivity index (χ4n) is 2.05. The predicted molar refractivity (Wildman–Crippen MR) is 64.8 cm³/mol. The van der Waals surface area contributed by atoms with Gasteiger partial charge in [0.1, 0.15) is 6.61 Å². The summed E-state index contributed by atoms with van der Waals surface area (Å²) in [6.45, 7) is 1.57. The number of carbonyl (C=O) groups is 1. The van der Waals surface area contributed by atoms with E-state index in [4.69, 9.17) is 9.84 Å². The molecule has 0 spiro atoms. The van der Waals surface area contributed by atoms with Crippen LogP contribution in [0.15, 0.2) is 12.3 Å². The fourth-order valence-corrected chi connectivity index (χ4v) is 2.05. The molecule has 1 aliphatic rings. The maximum Gasteiger partial charge on any atom is 0.354 e. The van der Waals surface area contributed by atoms with Crippen LogP contribution in [0.2, 0.25) is 0 Å². The number of likely N-dealkylation sites (tertiary alicyclic amines) is 1. The number of rotatable bonds is 4. The Morgan fingerprint density at radius 1 is 1.61 bits per heavy atom. The highest BCUT2D eigenvalue weighted by Crippen LogP contribution is 2.15. The molecule has 18 heavy (non-hydrogen) atoms. The van der Waals surface area contributed by atoms with Gasteiger partial charge in [0, 0.05) is 12.2 Å². The Kier molecular flexibility index (Phi) is 4.09. The molecule has 0 bridgehead atoms. The third-order valence-electron chi connectivity index (χ3n) is 3.18. The number of aromatic nitrogens is 2. The van der Waals surface area contributed by atoms with Crippen LogP contribution in [0.5, 0.6) is 6.01 Å². The zero-order valence-electron chi connectivity index (χ0n) is 10.4. The second kappa shape index (κ2) is 5.77. The Morgan fingerprint density at radius 2 is 2.44 bits per heavy atom. The van der Waals surface area contributed by atoms with E-state index in [0.29, 0.717) is 12.6 Å². The van der Waals surface area contributed by atoms with Crippen LogP contribution in [0.3, 0.4) is 0 Å². The molecule has 2 heterocycles. The number of piperidine rings is 1. The minimum absolute atomic E-state index is 0.0444. The van der Waals surface area contributed by atoms with E-state index in [1.807, 2.05) is 0 Å². The highest BCUT2D eigenvalue weighted by molar-refractivity contribution is 5.85. The van der Waals surface area contributed by atoms with Gasteiger partial charge < -0.3 is 14.7 Å². The summed E-state index contributed by atoms with van der Waals surface area (Å²) in [6.07, 6.45) is 4.91. The van der Waals surface area contributed by atoms with Crippen LogP contribution >= 0.6 is 0 Å². The summed E-state index contributed by atoms with van der Waals surface area (Å²) in [7, 11) is 2.07. The highest BCUT2D eigenvalue weighted by Gasteiger charge is 2.19. The standard InChI is InChI=1S/C12H17N3O3/c1-15-7-3-2-4-9(15)8-18-12-13-6-5-10(14-12)11(16)17/h5-6,9H,2-4,7-8H2,1H3,(H,16,17). The molecule has 1 atom stereocenters. The number of hydrogen-bond acceptors (Lipinski definition) is 5. The lowest BCUT2D eigenvalue weighted by Gasteiger charge is -2.31. The number of nitrogens with zero attached hydrogens (tertiary/aromatic N) is 3. The Hall–Kier alpha value is -1.69. The number of carboxylic acid groups (broad SMARTS) is 1. The smallest absolute Gasteiger partial charge is 0.354 e. The third-order valence-corrected chi connectivity index (χ3v) is 3.18. The van der Waals surface area contributed by atoms with E-state index < -0.39 is 5.97 Å². The van der Waals surface area contributed by atoms with Gasteiger partial charge in [-0.25, -0.2) is 9.78 Å². The van der Waals surface area contributed by atoms with Crippen molar-refractivity contribution in [3.05, 3.63) is 18.0 Å². The molecule has 1 unspecified atom stereocenters. The molecular weight excluding hydrogens is 234 g/mol. The van der Waals surface area contributed by atoms with E-state index >= 15 is 0 Å². The van der Waals surface area contributed by atoms with Gasteiger partial charge in [-0.05, 0) is 32.5 Å². The van der Waals surface area contributed by atoms with E-state index in [1.165, 1.54) is 25.1 Å². The van der Waals surface area contributed by atoms with Crippen molar-refractivity contribution in [2.75, 3.05) is 20.2 Å². The summed E-state index contributed by atoms with van der Waals surface area (Å²) in [5.41, 5.74) is -0.0444. The van der Waals surface area contributed by atoms with E-state index in [2.05, 4.69) is 21.9 Å². The van der Waals surface area contributed by atoms with Crippen LogP contribution in [0, 0.1) is 0 Å². The van der Waals surface area contributed by atoms with Crippen LogP contribution in [0.25, 0.3) is 0 Å². The quantitative estimate of drug-likeness (QED) is 0.861. The lowest BCUT2D eigenvalue weighted by Crippen LogP contribution is -2.40. The fraction of sp³-hybridized carbons (Fsp3) is 0.583. The summed E-state index contributed by atoms with van der Waals surface area (Å²) >= 11 is 0. The molecule has 0 saturated carbocycles. The minimum atomic E-state index is -1.07. The molecule has 1 N–H and O–H groups in total. The van der Waals surface area contributed by atoms with Gasteiger partial charge in [-0.15, -0.1) is 0 Å². The Morgan fingerprint density at radius 3 is 3.17 bits per heavy atom. The lowest BCUT2D eigenvalue weighted by molar-refractivity contribution is 0.0687. The molecule has 6 heteroatoms. The first-order chi connectivity index (χ1) is 8.66. The minimum Gasteiger partial charge on any atom is -0.477 e. The van der Waals surface area contributed by atoms with Crippen molar-refractivity contribution in [3.63, 3.8) is 0 Å². The summed E-state index contributed by atoms with van der Waals surface area (Å²) < 4.78 is 5.48. The number of likely N-dealkylation sites (N-methyl/N-ethyl adjacent to an activating group) is 1. The molecular formula is C12H17N3O3. The van der Waals surface area contributed by atoms with E-state index in [9.17, 15) is 4.79 Å². The molecule has 1 aromatic heterocycles. The highest BCUT2D eigenvalue weighted by atomic mass is 16.5. The second-order valence-corrected chi connectivity index (χ2v) is 4.47. The summed E-state index contributed by atoms with van der Waals surface area (Å²) in [5.74, 6) is -1.07. The summed E-state index contributed by atoms with van der Waals surface area (Å²) in [6, 6.07) is 1.84. The zero-order chi connectivity index (χ0) is 13.0. The van der Waals surface area contributed by atoms with Gasteiger partial charge in [-0.1, -0.05) is 6.42 Å². The van der Waals surface area contributed by atoms with Crippen LogP contribution in [0.1, 0.15) is 29.8 Å². The molecule has 1 aromatic rings. The molecule has 0 aliphatic carbocycles. The van der Waals surface area contributed by atoms with Crippen LogP contribution in [-0.4, -0.2) is 52.2 Å². The normalized spacial score (nSPS) is 20.6. The van der Waals surface area contributed by atoms with Gasteiger partial charge in [-0.3, -0.25) is 0 Å². The predicted octanol–water partition coefficient (Wildman–Crippen LogP) is 1.04. The maximum atomic E-state index is 10.8. The topological polar surface area (TPSA) is 75.5 Å². The van der Waals surface area contributed by atoms with E-state index in [1.54, 1.807) is 0 Å². The average molecular weight is 251 g/mol. The van der Waals surface area contributed by atoms with Gasteiger partial charge in [0.05, 0.1) is 0 Å². The zero-order valence-corrected chi connectivity index (χ0v) is 10.4. The summed E-state index contributed by atoms with van der Waals surface area (Å²) in [5, 5.41) is 8.81.